The van der Waals surface area contributed by atoms with Gasteiger partial charge < -0.3 is 5.32 Å². The fraction of sp³-hybridized carbons (Fsp3) is 0.650. The normalized spacial score (nSPS) is 22.0. The fourth-order valence-corrected chi connectivity index (χ4v) is 4.43. The Kier molecular flexibility index (Phi) is 6.57. The first kappa shape index (κ1) is 21.4. The van der Waals surface area contributed by atoms with Crippen molar-refractivity contribution in [3.63, 3.8) is 0 Å². The zero-order valence-electron chi connectivity index (χ0n) is 16.1. The number of halogens is 4. The van der Waals surface area contributed by atoms with Gasteiger partial charge >= 0.3 is 6.18 Å². The van der Waals surface area contributed by atoms with Crippen LogP contribution in [0.5, 0.6) is 0 Å². The summed E-state index contributed by atoms with van der Waals surface area (Å²) in [5.41, 5.74) is -0.696. The van der Waals surface area contributed by atoms with Gasteiger partial charge in [-0.3, -0.25) is 14.6 Å². The van der Waals surface area contributed by atoms with E-state index < -0.39 is 17.3 Å². The number of alkyl halides is 3. The van der Waals surface area contributed by atoms with E-state index >= 15 is 0 Å². The maximum absolute atomic E-state index is 13.4. The van der Waals surface area contributed by atoms with Gasteiger partial charge in [-0.1, -0.05) is 24.1 Å². The van der Waals surface area contributed by atoms with E-state index in [0.29, 0.717) is 31.6 Å². The molecule has 1 amide bonds. The van der Waals surface area contributed by atoms with E-state index in [1.165, 1.54) is 12.1 Å². The molecule has 0 saturated carbocycles. The third-order valence-corrected chi connectivity index (χ3v) is 6.31. The van der Waals surface area contributed by atoms with Crippen LogP contribution in [0, 0.1) is 0 Å². The topological polar surface area (TPSA) is 35.6 Å². The highest BCUT2D eigenvalue weighted by molar-refractivity contribution is 6.31. The van der Waals surface area contributed by atoms with Crippen molar-refractivity contribution in [2.24, 2.45) is 0 Å². The summed E-state index contributed by atoms with van der Waals surface area (Å²) in [4.78, 5) is 16.0. The van der Waals surface area contributed by atoms with Crippen molar-refractivity contribution in [2.45, 2.75) is 44.3 Å². The van der Waals surface area contributed by atoms with Gasteiger partial charge in [0, 0.05) is 25.2 Å². The second-order valence-electron chi connectivity index (χ2n) is 7.89. The Bertz CT molecular complexity index is 706. The summed E-state index contributed by atoms with van der Waals surface area (Å²) in [5, 5.41) is 2.53. The second kappa shape index (κ2) is 8.59. The van der Waals surface area contributed by atoms with Crippen LogP contribution in [0.2, 0.25) is 5.02 Å². The largest absolute Gasteiger partial charge is 0.417 e. The standard InChI is InChI=1S/C20H27ClF3N3O/c1-19(27-9-3-2-4-10-27,7-11-26-12-8-25-18(28)14-26)15-5-6-17(21)16(13-15)20(22,23)24/h5-6,13H,2-4,7-12,14H2,1H3,(H,25,28). The van der Waals surface area contributed by atoms with Crippen molar-refractivity contribution in [2.75, 3.05) is 39.3 Å². The molecule has 28 heavy (non-hydrogen) atoms. The number of hydrogen-bond donors (Lipinski definition) is 1. The minimum atomic E-state index is -4.49. The third-order valence-electron chi connectivity index (χ3n) is 5.98. The molecular weight excluding hydrogens is 391 g/mol. The number of amides is 1. The summed E-state index contributed by atoms with van der Waals surface area (Å²) < 4.78 is 40.3. The van der Waals surface area contributed by atoms with E-state index in [0.717, 1.165) is 38.9 Å². The number of nitrogens with zero attached hydrogens (tertiary/aromatic N) is 2. The molecule has 0 bridgehead atoms. The average Bonchev–Trinajstić information content (AvgIpc) is 2.66. The monoisotopic (exact) mass is 417 g/mol. The van der Waals surface area contributed by atoms with Crippen LogP contribution in [0.1, 0.15) is 43.7 Å². The van der Waals surface area contributed by atoms with E-state index in [-0.39, 0.29) is 10.9 Å². The summed E-state index contributed by atoms with van der Waals surface area (Å²) in [6.45, 7) is 6.11. The summed E-state index contributed by atoms with van der Waals surface area (Å²) >= 11 is 5.85. The Balaban J connectivity index is 1.89. The van der Waals surface area contributed by atoms with E-state index in [2.05, 4.69) is 15.1 Å². The first-order valence-corrected chi connectivity index (χ1v) is 10.2. The first-order valence-electron chi connectivity index (χ1n) is 9.81. The van der Waals surface area contributed by atoms with Gasteiger partial charge in [0.15, 0.2) is 0 Å². The lowest BCUT2D eigenvalue weighted by molar-refractivity contribution is -0.137. The quantitative estimate of drug-likeness (QED) is 0.789. The Morgan fingerprint density at radius 2 is 1.86 bits per heavy atom. The molecule has 0 radical (unpaired) electrons. The van der Waals surface area contributed by atoms with Crippen molar-refractivity contribution in [1.29, 1.82) is 0 Å². The molecule has 0 aliphatic carbocycles. The van der Waals surface area contributed by atoms with Crippen LogP contribution in [-0.2, 0) is 16.5 Å². The fourth-order valence-electron chi connectivity index (χ4n) is 4.21. The maximum Gasteiger partial charge on any atom is 0.417 e. The van der Waals surface area contributed by atoms with Crippen molar-refractivity contribution >= 4 is 17.5 Å². The Morgan fingerprint density at radius 3 is 2.50 bits per heavy atom. The van der Waals surface area contributed by atoms with Gasteiger partial charge in [0.1, 0.15) is 0 Å². The van der Waals surface area contributed by atoms with Gasteiger partial charge in [-0.05, 0) is 57.0 Å². The molecule has 1 aromatic carbocycles. The zero-order valence-corrected chi connectivity index (χ0v) is 16.9. The highest BCUT2D eigenvalue weighted by Gasteiger charge is 2.39. The lowest BCUT2D eigenvalue weighted by atomic mass is 9.84. The van der Waals surface area contributed by atoms with Crippen LogP contribution >= 0.6 is 11.6 Å². The lowest BCUT2D eigenvalue weighted by Crippen LogP contribution is -2.51. The minimum absolute atomic E-state index is 0.00299. The summed E-state index contributed by atoms with van der Waals surface area (Å²) in [5.74, 6) is -0.00299. The molecular formula is C20H27ClF3N3O. The molecule has 2 aliphatic heterocycles. The van der Waals surface area contributed by atoms with Gasteiger partial charge in [0.25, 0.3) is 0 Å². The molecule has 1 atom stereocenters. The van der Waals surface area contributed by atoms with Crippen molar-refractivity contribution in [3.05, 3.63) is 34.3 Å². The molecule has 1 unspecified atom stereocenters. The Hall–Kier alpha value is -1.31. The van der Waals surface area contributed by atoms with Crippen LogP contribution in [-0.4, -0.2) is 55.0 Å². The molecule has 2 saturated heterocycles. The van der Waals surface area contributed by atoms with Gasteiger partial charge in [-0.15, -0.1) is 0 Å². The molecule has 2 heterocycles. The lowest BCUT2D eigenvalue weighted by Gasteiger charge is -2.45. The van der Waals surface area contributed by atoms with Crippen LogP contribution in [0.25, 0.3) is 0 Å². The second-order valence-corrected chi connectivity index (χ2v) is 8.30. The van der Waals surface area contributed by atoms with Crippen molar-refractivity contribution < 1.29 is 18.0 Å². The molecule has 2 fully saturated rings. The van der Waals surface area contributed by atoms with Crippen LogP contribution < -0.4 is 5.32 Å². The SMILES string of the molecule is CC(CCN1CCNC(=O)C1)(c1ccc(Cl)c(C(F)(F)F)c1)N1CCCCC1. The summed E-state index contributed by atoms with van der Waals surface area (Å²) in [6, 6.07) is 4.28. The van der Waals surface area contributed by atoms with E-state index in [1.54, 1.807) is 6.07 Å². The van der Waals surface area contributed by atoms with Gasteiger partial charge in [0.05, 0.1) is 17.1 Å². The van der Waals surface area contributed by atoms with Gasteiger partial charge in [-0.25, -0.2) is 0 Å². The predicted molar refractivity (Wildman–Crippen MR) is 103 cm³/mol. The number of nitrogens with one attached hydrogen (secondary N) is 1. The number of hydrogen-bond acceptors (Lipinski definition) is 3. The molecule has 1 aromatic rings. The zero-order chi connectivity index (χ0) is 20.4. The molecule has 1 N–H and O–H groups in total. The number of likely N-dealkylation sites (tertiary alicyclic amines) is 1. The molecule has 0 spiro atoms. The molecule has 3 rings (SSSR count). The number of rotatable bonds is 5. The van der Waals surface area contributed by atoms with E-state index in [4.69, 9.17) is 11.6 Å². The predicted octanol–water partition coefficient (Wildman–Crippen LogP) is 3.88. The number of benzene rings is 1. The van der Waals surface area contributed by atoms with E-state index in [9.17, 15) is 18.0 Å². The highest BCUT2D eigenvalue weighted by Crippen LogP contribution is 2.40. The minimum Gasteiger partial charge on any atom is -0.354 e. The molecule has 156 valence electrons. The number of piperidine rings is 1. The summed E-state index contributed by atoms with van der Waals surface area (Å²) in [6.07, 6.45) is -0.601. The molecule has 8 heteroatoms. The summed E-state index contributed by atoms with van der Waals surface area (Å²) in [7, 11) is 0. The maximum atomic E-state index is 13.4. The first-order chi connectivity index (χ1) is 13.2. The molecule has 4 nitrogen and oxygen atoms in total. The smallest absolute Gasteiger partial charge is 0.354 e. The van der Waals surface area contributed by atoms with Crippen molar-refractivity contribution in [3.8, 4) is 0 Å². The molecule has 0 aromatic heterocycles. The number of piperazine rings is 1. The number of carbonyl (C=O) groups is 1. The van der Waals surface area contributed by atoms with Crippen LogP contribution in [0.4, 0.5) is 13.2 Å². The van der Waals surface area contributed by atoms with Gasteiger partial charge in [0.2, 0.25) is 5.91 Å². The van der Waals surface area contributed by atoms with Crippen LogP contribution in [0.3, 0.4) is 0 Å². The van der Waals surface area contributed by atoms with E-state index in [1.807, 2.05) is 6.92 Å². The number of carbonyl (C=O) groups excluding carboxylic acids is 1. The average molecular weight is 418 g/mol. The molecule has 2 aliphatic rings. The van der Waals surface area contributed by atoms with Crippen molar-refractivity contribution in [1.82, 2.24) is 15.1 Å². The van der Waals surface area contributed by atoms with Crippen LogP contribution in [0.15, 0.2) is 18.2 Å². The Labute approximate surface area is 169 Å². The third kappa shape index (κ3) is 4.81. The highest BCUT2D eigenvalue weighted by atomic mass is 35.5. The Morgan fingerprint density at radius 1 is 1.14 bits per heavy atom. The van der Waals surface area contributed by atoms with Gasteiger partial charge in [-0.2, -0.15) is 13.2 Å².